The Kier molecular flexibility index (Phi) is 4.76. The molecule has 0 aliphatic heterocycles. The minimum atomic E-state index is -0.185. The van der Waals surface area contributed by atoms with Gasteiger partial charge in [0.15, 0.2) is 0 Å². The molecule has 0 bridgehead atoms. The van der Waals surface area contributed by atoms with Crippen molar-refractivity contribution in [1.29, 1.82) is 0 Å². The van der Waals surface area contributed by atoms with Crippen molar-refractivity contribution in [3.05, 3.63) is 24.0 Å². The van der Waals surface area contributed by atoms with E-state index < -0.39 is 0 Å². The van der Waals surface area contributed by atoms with Gasteiger partial charge in [-0.15, -0.1) is 0 Å². The molecule has 0 spiro atoms. The molecule has 88 valence electrons. The average molecular weight is 222 g/mol. The maximum atomic E-state index is 11.7. The molecule has 0 radical (unpaired) electrons. The number of nitrogens with zero attached hydrogens (tertiary/aromatic N) is 1. The Balaban J connectivity index is 2.52. The van der Waals surface area contributed by atoms with Crippen molar-refractivity contribution in [1.82, 2.24) is 10.3 Å². The van der Waals surface area contributed by atoms with Crippen LogP contribution in [0.25, 0.3) is 0 Å². The van der Waals surface area contributed by atoms with E-state index in [0.29, 0.717) is 18.0 Å². The number of rotatable bonds is 5. The second-order valence-corrected chi connectivity index (χ2v) is 3.82. The summed E-state index contributed by atoms with van der Waals surface area (Å²) in [5.74, 6) is 0.333. The largest absolute Gasteiger partial charge is 0.506 e. The molecule has 0 aromatic carbocycles. The Labute approximate surface area is 95.7 Å². The van der Waals surface area contributed by atoms with Crippen molar-refractivity contribution >= 4 is 5.91 Å². The summed E-state index contributed by atoms with van der Waals surface area (Å²) >= 11 is 0. The Bertz CT molecular complexity index is 349. The van der Waals surface area contributed by atoms with Crippen LogP contribution < -0.4 is 5.32 Å². The summed E-state index contributed by atoms with van der Waals surface area (Å²) in [6.45, 7) is 4.88. The summed E-state index contributed by atoms with van der Waals surface area (Å²) in [5.41, 5.74) is 0.394. The van der Waals surface area contributed by atoms with E-state index in [1.807, 2.05) is 0 Å². The quantitative estimate of drug-likeness (QED) is 0.800. The van der Waals surface area contributed by atoms with Crippen molar-refractivity contribution in [2.45, 2.75) is 26.7 Å². The lowest BCUT2D eigenvalue weighted by atomic mass is 10.0. The van der Waals surface area contributed by atoms with Gasteiger partial charge in [0.1, 0.15) is 5.75 Å². The first-order valence-electron chi connectivity index (χ1n) is 5.59. The van der Waals surface area contributed by atoms with Crippen molar-refractivity contribution < 1.29 is 9.90 Å². The highest BCUT2D eigenvalue weighted by Crippen LogP contribution is 2.09. The number of aromatic nitrogens is 1. The normalized spacial score (nSPS) is 10.4. The molecule has 0 aliphatic carbocycles. The smallest absolute Gasteiger partial charge is 0.252 e. The molecule has 4 heteroatoms. The minimum Gasteiger partial charge on any atom is -0.506 e. The van der Waals surface area contributed by atoms with Crippen LogP contribution in [0.1, 0.15) is 37.0 Å². The van der Waals surface area contributed by atoms with Crippen LogP contribution in [-0.4, -0.2) is 22.5 Å². The zero-order valence-electron chi connectivity index (χ0n) is 9.73. The van der Waals surface area contributed by atoms with Crippen LogP contribution >= 0.6 is 0 Å². The molecule has 0 atom stereocenters. The fourth-order valence-electron chi connectivity index (χ4n) is 1.47. The maximum absolute atomic E-state index is 11.7. The zero-order chi connectivity index (χ0) is 12.0. The molecule has 1 amide bonds. The maximum Gasteiger partial charge on any atom is 0.252 e. The lowest BCUT2D eigenvalue weighted by Crippen LogP contribution is -2.28. The number of hydrogen-bond acceptors (Lipinski definition) is 3. The van der Waals surface area contributed by atoms with Gasteiger partial charge in [-0.05, 0) is 12.0 Å². The van der Waals surface area contributed by atoms with E-state index in [1.54, 1.807) is 0 Å². The van der Waals surface area contributed by atoms with Gasteiger partial charge in [0, 0.05) is 12.7 Å². The van der Waals surface area contributed by atoms with Gasteiger partial charge in [-0.1, -0.05) is 26.7 Å². The van der Waals surface area contributed by atoms with Crippen LogP contribution in [0.5, 0.6) is 5.75 Å². The third-order valence-electron chi connectivity index (χ3n) is 2.69. The average Bonchev–Trinajstić information content (AvgIpc) is 2.30. The molecule has 4 nitrogen and oxygen atoms in total. The van der Waals surface area contributed by atoms with E-state index in [4.69, 9.17) is 0 Å². The van der Waals surface area contributed by atoms with Gasteiger partial charge in [-0.3, -0.25) is 9.78 Å². The third kappa shape index (κ3) is 3.53. The zero-order valence-corrected chi connectivity index (χ0v) is 9.73. The van der Waals surface area contributed by atoms with Gasteiger partial charge < -0.3 is 10.4 Å². The van der Waals surface area contributed by atoms with E-state index in [9.17, 15) is 9.90 Å². The standard InChI is InChI=1S/C12H18N2O2/c1-3-9(4-2)6-14-12(16)10-5-11(15)8-13-7-10/h5,7-9,15H,3-4,6H2,1-2H3,(H,14,16). The first-order chi connectivity index (χ1) is 7.67. The van der Waals surface area contributed by atoms with Gasteiger partial charge >= 0.3 is 0 Å². The van der Waals surface area contributed by atoms with Crippen LogP contribution in [0.15, 0.2) is 18.5 Å². The van der Waals surface area contributed by atoms with Gasteiger partial charge in [0.2, 0.25) is 0 Å². The molecule has 1 rings (SSSR count). The summed E-state index contributed by atoms with van der Waals surface area (Å²) < 4.78 is 0. The van der Waals surface area contributed by atoms with Crippen LogP contribution in [0, 0.1) is 5.92 Å². The highest BCUT2D eigenvalue weighted by molar-refractivity contribution is 5.94. The summed E-state index contributed by atoms with van der Waals surface area (Å²) in [5, 5.41) is 12.0. The molecule has 2 N–H and O–H groups in total. The molecule has 1 heterocycles. The monoisotopic (exact) mass is 222 g/mol. The molecule has 1 aromatic rings. The Morgan fingerprint density at radius 3 is 2.69 bits per heavy atom. The van der Waals surface area contributed by atoms with Gasteiger partial charge in [-0.2, -0.15) is 0 Å². The van der Waals surface area contributed by atoms with E-state index in [0.717, 1.165) is 12.8 Å². The molecular formula is C12H18N2O2. The predicted molar refractivity (Wildman–Crippen MR) is 62.3 cm³/mol. The summed E-state index contributed by atoms with van der Waals surface area (Å²) in [4.78, 5) is 15.4. The molecule has 0 saturated heterocycles. The first kappa shape index (κ1) is 12.5. The van der Waals surface area contributed by atoms with Crippen LogP contribution in [0.3, 0.4) is 0 Å². The summed E-state index contributed by atoms with van der Waals surface area (Å²) in [6, 6.07) is 1.41. The van der Waals surface area contributed by atoms with Crippen molar-refractivity contribution in [3.63, 3.8) is 0 Å². The number of nitrogens with one attached hydrogen (secondary N) is 1. The number of amides is 1. The van der Waals surface area contributed by atoms with Crippen LogP contribution in [0.4, 0.5) is 0 Å². The highest BCUT2D eigenvalue weighted by atomic mass is 16.3. The Morgan fingerprint density at radius 1 is 1.44 bits per heavy atom. The van der Waals surface area contributed by atoms with Gasteiger partial charge in [0.05, 0.1) is 11.8 Å². The second-order valence-electron chi connectivity index (χ2n) is 3.82. The van der Waals surface area contributed by atoms with Gasteiger partial charge in [-0.25, -0.2) is 0 Å². The number of carbonyl (C=O) groups is 1. The Morgan fingerprint density at radius 2 is 2.12 bits per heavy atom. The fraction of sp³-hybridized carbons (Fsp3) is 0.500. The molecule has 0 aliphatic rings. The summed E-state index contributed by atoms with van der Waals surface area (Å²) in [7, 11) is 0. The molecule has 16 heavy (non-hydrogen) atoms. The minimum absolute atomic E-state index is 0.00943. The van der Waals surface area contributed by atoms with Crippen molar-refractivity contribution in [2.75, 3.05) is 6.54 Å². The van der Waals surface area contributed by atoms with Crippen molar-refractivity contribution in [3.8, 4) is 5.75 Å². The van der Waals surface area contributed by atoms with E-state index in [1.165, 1.54) is 18.5 Å². The summed E-state index contributed by atoms with van der Waals surface area (Å²) in [6.07, 6.45) is 4.85. The van der Waals surface area contributed by atoms with E-state index in [-0.39, 0.29) is 11.7 Å². The molecule has 1 aromatic heterocycles. The van der Waals surface area contributed by atoms with Crippen molar-refractivity contribution in [2.24, 2.45) is 5.92 Å². The number of aromatic hydroxyl groups is 1. The van der Waals surface area contributed by atoms with Gasteiger partial charge in [0.25, 0.3) is 5.91 Å². The first-order valence-corrected chi connectivity index (χ1v) is 5.59. The topological polar surface area (TPSA) is 62.2 Å². The highest BCUT2D eigenvalue weighted by Gasteiger charge is 2.09. The number of pyridine rings is 1. The molecule has 0 fully saturated rings. The second kappa shape index (κ2) is 6.10. The Hall–Kier alpha value is -1.58. The van der Waals surface area contributed by atoms with E-state index in [2.05, 4.69) is 24.1 Å². The number of hydrogen-bond donors (Lipinski definition) is 2. The fourth-order valence-corrected chi connectivity index (χ4v) is 1.47. The lowest BCUT2D eigenvalue weighted by molar-refractivity contribution is 0.0945. The van der Waals surface area contributed by atoms with Crippen LogP contribution in [0.2, 0.25) is 0 Å². The number of carbonyl (C=O) groups excluding carboxylic acids is 1. The molecule has 0 saturated carbocycles. The van der Waals surface area contributed by atoms with E-state index >= 15 is 0 Å². The molecule has 0 unspecified atom stereocenters. The third-order valence-corrected chi connectivity index (χ3v) is 2.69. The lowest BCUT2D eigenvalue weighted by Gasteiger charge is -2.13. The molecular weight excluding hydrogens is 204 g/mol. The van der Waals surface area contributed by atoms with Crippen LogP contribution in [-0.2, 0) is 0 Å². The SMILES string of the molecule is CCC(CC)CNC(=O)c1cncc(O)c1. The predicted octanol–water partition coefficient (Wildman–Crippen LogP) is 1.95.